The molecular weight excluding hydrogens is 322 g/mol. The Morgan fingerprint density at radius 3 is 2.55 bits per heavy atom. The molecule has 1 fully saturated rings. The van der Waals surface area contributed by atoms with Crippen LogP contribution in [0.1, 0.15) is 6.42 Å². The molecule has 3 rings (SSSR count). The van der Waals surface area contributed by atoms with Gasteiger partial charge in [0, 0.05) is 10.2 Å². The fourth-order valence-electron chi connectivity index (χ4n) is 3.31. The summed E-state index contributed by atoms with van der Waals surface area (Å²) in [7, 11) is 0. The van der Waals surface area contributed by atoms with Crippen molar-refractivity contribution in [2.45, 2.75) is 6.42 Å². The highest BCUT2D eigenvalue weighted by atomic mass is 79.9. The smallest absolute Gasteiger partial charge is 0.307 e. The molecule has 0 spiro atoms. The van der Waals surface area contributed by atoms with Gasteiger partial charge in [0.1, 0.15) is 0 Å². The third-order valence-electron chi connectivity index (χ3n) is 4.14. The average Bonchev–Trinajstić information content (AvgIpc) is 2.98. The summed E-state index contributed by atoms with van der Waals surface area (Å²) in [6.07, 6.45) is 4.69. The molecule has 1 aromatic carbocycles. The lowest BCUT2D eigenvalue weighted by atomic mass is 9.82. The first kappa shape index (κ1) is 13.4. The van der Waals surface area contributed by atoms with Crippen LogP contribution in [0.5, 0.6) is 0 Å². The van der Waals surface area contributed by atoms with Gasteiger partial charge in [0.05, 0.1) is 11.8 Å². The first-order valence-electron chi connectivity index (χ1n) is 6.54. The van der Waals surface area contributed by atoms with Crippen molar-refractivity contribution in [1.29, 1.82) is 0 Å². The molecule has 0 aromatic heterocycles. The third-order valence-corrected chi connectivity index (χ3v) is 4.63. The molecule has 0 aliphatic heterocycles. The fourth-order valence-corrected chi connectivity index (χ4v) is 3.71. The molecule has 0 saturated heterocycles. The fraction of sp³-hybridized carbons (Fsp3) is 0.333. The van der Waals surface area contributed by atoms with Crippen LogP contribution in [0.15, 0.2) is 40.9 Å². The lowest BCUT2D eigenvalue weighted by Gasteiger charge is -2.23. The number of carboxylic acids is 1. The minimum Gasteiger partial charge on any atom is -0.481 e. The Hall–Kier alpha value is -1.62. The maximum atomic E-state index is 12.4. The number of carboxylic acid groups (broad SMARTS) is 1. The molecule has 0 radical (unpaired) electrons. The summed E-state index contributed by atoms with van der Waals surface area (Å²) in [5.41, 5.74) is 0.681. The Bertz CT molecular complexity index is 599. The normalized spacial score (nSPS) is 30.4. The second-order valence-electron chi connectivity index (χ2n) is 5.34. The molecule has 2 aliphatic rings. The molecule has 4 nitrogen and oxygen atoms in total. The van der Waals surface area contributed by atoms with E-state index in [-0.39, 0.29) is 17.7 Å². The van der Waals surface area contributed by atoms with Gasteiger partial charge < -0.3 is 10.4 Å². The standard InChI is InChI=1S/C15H14BrNO3/c16-10-2-1-3-11(7-10)17-14(18)12-8-4-5-9(6-8)13(12)15(19)20/h1-5,7-9,12-13H,6H2,(H,17,18)(H,19,20)/t8-,9+,12+,13+/m1/s1. The van der Waals surface area contributed by atoms with E-state index in [9.17, 15) is 14.7 Å². The molecule has 0 heterocycles. The van der Waals surface area contributed by atoms with E-state index in [0.717, 1.165) is 10.9 Å². The third kappa shape index (κ3) is 2.26. The van der Waals surface area contributed by atoms with Gasteiger partial charge in [0.2, 0.25) is 5.91 Å². The van der Waals surface area contributed by atoms with Crippen LogP contribution in [0, 0.1) is 23.7 Å². The van der Waals surface area contributed by atoms with Gasteiger partial charge >= 0.3 is 5.97 Å². The Morgan fingerprint density at radius 2 is 1.90 bits per heavy atom. The van der Waals surface area contributed by atoms with Crippen LogP contribution in [0.4, 0.5) is 5.69 Å². The molecule has 4 atom stereocenters. The van der Waals surface area contributed by atoms with E-state index in [0.29, 0.717) is 5.69 Å². The van der Waals surface area contributed by atoms with Gasteiger partial charge in [0.15, 0.2) is 0 Å². The summed E-state index contributed by atoms with van der Waals surface area (Å²) >= 11 is 3.35. The van der Waals surface area contributed by atoms with Crippen molar-refractivity contribution < 1.29 is 14.7 Å². The molecule has 2 aliphatic carbocycles. The van der Waals surface area contributed by atoms with Crippen LogP contribution in [0.3, 0.4) is 0 Å². The molecular formula is C15H14BrNO3. The number of amides is 1. The zero-order valence-corrected chi connectivity index (χ0v) is 12.2. The summed E-state index contributed by atoms with van der Waals surface area (Å²) in [6, 6.07) is 7.29. The maximum absolute atomic E-state index is 12.4. The summed E-state index contributed by atoms with van der Waals surface area (Å²) in [5.74, 6) is -2.11. The first-order valence-corrected chi connectivity index (χ1v) is 7.33. The van der Waals surface area contributed by atoms with Crippen molar-refractivity contribution >= 4 is 33.5 Å². The van der Waals surface area contributed by atoms with Crippen molar-refractivity contribution in [2.75, 3.05) is 5.32 Å². The number of rotatable bonds is 3. The quantitative estimate of drug-likeness (QED) is 0.834. The number of allylic oxidation sites excluding steroid dienone is 2. The number of aliphatic carboxylic acids is 1. The number of benzene rings is 1. The van der Waals surface area contributed by atoms with Gasteiger partial charge in [-0.3, -0.25) is 9.59 Å². The molecule has 1 aromatic rings. The van der Waals surface area contributed by atoms with Gasteiger partial charge in [-0.05, 0) is 36.5 Å². The topological polar surface area (TPSA) is 66.4 Å². The van der Waals surface area contributed by atoms with Crippen molar-refractivity contribution in [3.63, 3.8) is 0 Å². The van der Waals surface area contributed by atoms with E-state index < -0.39 is 17.8 Å². The van der Waals surface area contributed by atoms with Crippen molar-refractivity contribution in [3.05, 3.63) is 40.9 Å². The second kappa shape index (κ2) is 5.05. The molecule has 2 N–H and O–H groups in total. The summed E-state index contributed by atoms with van der Waals surface area (Å²) in [5, 5.41) is 12.2. The Labute approximate surface area is 125 Å². The van der Waals surface area contributed by atoms with Gasteiger partial charge in [0.25, 0.3) is 0 Å². The molecule has 5 heteroatoms. The zero-order chi connectivity index (χ0) is 14.3. The Kier molecular flexibility index (Phi) is 3.38. The maximum Gasteiger partial charge on any atom is 0.307 e. The van der Waals surface area contributed by atoms with Crippen LogP contribution < -0.4 is 5.32 Å². The minimum atomic E-state index is -0.878. The summed E-state index contributed by atoms with van der Waals surface area (Å²) < 4.78 is 0.873. The van der Waals surface area contributed by atoms with E-state index in [2.05, 4.69) is 21.2 Å². The number of anilines is 1. The van der Waals surface area contributed by atoms with Crippen LogP contribution in [0.25, 0.3) is 0 Å². The second-order valence-corrected chi connectivity index (χ2v) is 6.25. The summed E-state index contributed by atoms with van der Waals surface area (Å²) in [4.78, 5) is 23.8. The Balaban J connectivity index is 1.80. The van der Waals surface area contributed by atoms with E-state index in [1.807, 2.05) is 24.3 Å². The largest absolute Gasteiger partial charge is 0.481 e. The highest BCUT2D eigenvalue weighted by molar-refractivity contribution is 9.10. The average molecular weight is 336 g/mol. The van der Waals surface area contributed by atoms with Crippen molar-refractivity contribution in [1.82, 2.24) is 0 Å². The molecule has 104 valence electrons. The number of hydrogen-bond donors (Lipinski definition) is 2. The lowest BCUT2D eigenvalue weighted by molar-refractivity contribution is -0.146. The number of hydrogen-bond acceptors (Lipinski definition) is 2. The first-order chi connectivity index (χ1) is 9.56. The predicted molar refractivity (Wildman–Crippen MR) is 78.1 cm³/mol. The van der Waals surface area contributed by atoms with Gasteiger partial charge in [-0.1, -0.05) is 34.1 Å². The van der Waals surface area contributed by atoms with Crippen molar-refractivity contribution in [3.8, 4) is 0 Å². The Morgan fingerprint density at radius 1 is 1.20 bits per heavy atom. The molecule has 20 heavy (non-hydrogen) atoms. The van der Waals surface area contributed by atoms with E-state index in [4.69, 9.17) is 0 Å². The number of halogens is 1. The number of fused-ring (bicyclic) bond motifs is 2. The van der Waals surface area contributed by atoms with E-state index in [1.54, 1.807) is 12.1 Å². The number of nitrogens with one attached hydrogen (secondary N) is 1. The predicted octanol–water partition coefficient (Wildman–Crippen LogP) is 2.91. The molecule has 1 saturated carbocycles. The van der Waals surface area contributed by atoms with Crippen LogP contribution in [-0.4, -0.2) is 17.0 Å². The van der Waals surface area contributed by atoms with Crippen LogP contribution >= 0.6 is 15.9 Å². The molecule has 1 amide bonds. The zero-order valence-electron chi connectivity index (χ0n) is 10.6. The van der Waals surface area contributed by atoms with Gasteiger partial charge in [-0.2, -0.15) is 0 Å². The number of carbonyl (C=O) groups is 2. The highest BCUT2D eigenvalue weighted by Gasteiger charge is 2.51. The molecule has 0 unspecified atom stereocenters. The van der Waals surface area contributed by atoms with Crippen molar-refractivity contribution in [2.24, 2.45) is 23.7 Å². The van der Waals surface area contributed by atoms with Gasteiger partial charge in [-0.25, -0.2) is 0 Å². The van der Waals surface area contributed by atoms with Crippen LogP contribution in [-0.2, 0) is 9.59 Å². The van der Waals surface area contributed by atoms with Crippen LogP contribution in [0.2, 0.25) is 0 Å². The summed E-state index contributed by atoms with van der Waals surface area (Å²) in [6.45, 7) is 0. The lowest BCUT2D eigenvalue weighted by Crippen LogP contribution is -2.36. The minimum absolute atomic E-state index is 0.00393. The van der Waals surface area contributed by atoms with E-state index in [1.165, 1.54) is 0 Å². The number of carbonyl (C=O) groups excluding carboxylic acids is 1. The van der Waals surface area contributed by atoms with Gasteiger partial charge in [-0.15, -0.1) is 0 Å². The highest BCUT2D eigenvalue weighted by Crippen LogP contribution is 2.48. The molecule has 2 bridgehead atoms. The monoisotopic (exact) mass is 335 g/mol. The SMILES string of the molecule is O=C(Nc1cccc(Br)c1)[C@@H]1[C@@H](C(=O)O)[C@H]2C=C[C@@H]1C2. The van der Waals surface area contributed by atoms with E-state index >= 15 is 0 Å².